The third-order valence-electron chi connectivity index (χ3n) is 3.96. The van der Waals surface area contributed by atoms with E-state index in [-0.39, 0.29) is 29.8 Å². The molecule has 0 aromatic heterocycles. The molecular weight excluding hydrogens is 340 g/mol. The summed E-state index contributed by atoms with van der Waals surface area (Å²) in [5.74, 6) is 1.01. The first kappa shape index (κ1) is 17.5. The second-order valence-electron chi connectivity index (χ2n) is 5.68. The third-order valence-corrected chi connectivity index (χ3v) is 3.96. The van der Waals surface area contributed by atoms with Crippen LogP contribution >= 0.6 is 0 Å². The number of nitrogens with zero attached hydrogens (tertiary/aromatic N) is 1. The number of carbonyl (C=O) groups excluding carboxylic acids is 1. The molecule has 0 radical (unpaired) electrons. The largest absolute Gasteiger partial charge is 0.487 e. The van der Waals surface area contributed by atoms with E-state index >= 15 is 0 Å². The third kappa shape index (κ3) is 3.53. The summed E-state index contributed by atoms with van der Waals surface area (Å²) in [5.41, 5.74) is 0.783. The van der Waals surface area contributed by atoms with Crippen LogP contribution < -0.4 is 19.5 Å². The van der Waals surface area contributed by atoms with Gasteiger partial charge in [-0.15, -0.1) is 0 Å². The molecule has 0 saturated carbocycles. The Morgan fingerprint density at radius 1 is 1.27 bits per heavy atom. The van der Waals surface area contributed by atoms with Gasteiger partial charge < -0.3 is 19.5 Å². The highest BCUT2D eigenvalue weighted by Crippen LogP contribution is 2.34. The highest BCUT2D eigenvalue weighted by molar-refractivity contribution is 5.95. The Bertz CT molecular complexity index is 852. The zero-order valence-electron chi connectivity index (χ0n) is 14.4. The summed E-state index contributed by atoms with van der Waals surface area (Å²) in [6, 6.07) is 9.24. The molecule has 1 N–H and O–H groups in total. The van der Waals surface area contributed by atoms with Crippen LogP contribution in [0.1, 0.15) is 35.8 Å². The molecule has 2 aromatic rings. The Balaban J connectivity index is 1.77. The summed E-state index contributed by atoms with van der Waals surface area (Å²) in [7, 11) is 0. The molecule has 3 rings (SSSR count). The predicted molar refractivity (Wildman–Crippen MR) is 92.7 cm³/mol. The van der Waals surface area contributed by atoms with Gasteiger partial charge in [0.25, 0.3) is 5.91 Å². The molecular formula is C18H18N2O6. The number of nitrogens with one attached hydrogen (secondary N) is 1. The van der Waals surface area contributed by atoms with Gasteiger partial charge in [0, 0.05) is 11.6 Å². The second-order valence-corrected chi connectivity index (χ2v) is 5.68. The van der Waals surface area contributed by atoms with Crippen molar-refractivity contribution >= 4 is 11.6 Å². The average molecular weight is 358 g/mol. The number of ether oxygens (including phenoxy) is 3. The van der Waals surface area contributed by atoms with Gasteiger partial charge in [-0.05, 0) is 43.7 Å². The lowest BCUT2D eigenvalue weighted by atomic mass is 10.1. The number of nitro benzene ring substituents is 1. The zero-order chi connectivity index (χ0) is 18.7. The van der Waals surface area contributed by atoms with Crippen molar-refractivity contribution in [3.05, 3.63) is 57.6 Å². The molecule has 8 nitrogen and oxygen atoms in total. The number of fused-ring (bicyclic) bond motifs is 1. The van der Waals surface area contributed by atoms with Gasteiger partial charge in [-0.3, -0.25) is 14.9 Å². The fourth-order valence-corrected chi connectivity index (χ4v) is 2.62. The van der Waals surface area contributed by atoms with Gasteiger partial charge in [-0.1, -0.05) is 6.07 Å². The molecule has 1 aliphatic rings. The van der Waals surface area contributed by atoms with Crippen LogP contribution in [0, 0.1) is 10.1 Å². The Morgan fingerprint density at radius 2 is 2.04 bits per heavy atom. The van der Waals surface area contributed by atoms with E-state index in [0.29, 0.717) is 18.1 Å². The zero-order valence-corrected chi connectivity index (χ0v) is 14.4. The normalized spacial score (nSPS) is 13.2. The van der Waals surface area contributed by atoms with Crippen molar-refractivity contribution in [3.63, 3.8) is 0 Å². The van der Waals surface area contributed by atoms with Crippen molar-refractivity contribution in [2.45, 2.75) is 19.9 Å². The molecule has 1 aliphatic heterocycles. The lowest BCUT2D eigenvalue weighted by Gasteiger charge is -2.15. The molecule has 8 heteroatoms. The minimum Gasteiger partial charge on any atom is -0.487 e. The van der Waals surface area contributed by atoms with Crippen molar-refractivity contribution in [1.82, 2.24) is 5.32 Å². The van der Waals surface area contributed by atoms with E-state index in [1.54, 1.807) is 19.1 Å². The van der Waals surface area contributed by atoms with Crippen molar-refractivity contribution in [2.24, 2.45) is 0 Å². The maximum atomic E-state index is 12.5. The fraction of sp³-hybridized carbons (Fsp3) is 0.278. The van der Waals surface area contributed by atoms with Gasteiger partial charge in [0.1, 0.15) is 0 Å². The van der Waals surface area contributed by atoms with Crippen LogP contribution in [-0.4, -0.2) is 24.2 Å². The quantitative estimate of drug-likeness (QED) is 0.629. The van der Waals surface area contributed by atoms with Crippen molar-refractivity contribution in [1.29, 1.82) is 0 Å². The van der Waals surface area contributed by atoms with Gasteiger partial charge >= 0.3 is 5.69 Å². The molecule has 0 bridgehead atoms. The van der Waals surface area contributed by atoms with E-state index in [2.05, 4.69) is 5.32 Å². The van der Waals surface area contributed by atoms with Crippen LogP contribution in [0.2, 0.25) is 0 Å². The van der Waals surface area contributed by atoms with Gasteiger partial charge in [0.2, 0.25) is 6.79 Å². The number of amides is 1. The van der Waals surface area contributed by atoms with Crippen LogP contribution in [0.4, 0.5) is 5.69 Å². The SMILES string of the molecule is CCOc1ccc(C(=O)N[C@@H](C)c2ccc3c(c2)OCO3)cc1[N+](=O)[O-]. The molecule has 2 aromatic carbocycles. The summed E-state index contributed by atoms with van der Waals surface area (Å²) in [6.07, 6.45) is 0. The van der Waals surface area contributed by atoms with E-state index in [4.69, 9.17) is 14.2 Å². The minimum atomic E-state index is -0.566. The first-order chi connectivity index (χ1) is 12.5. The van der Waals surface area contributed by atoms with E-state index in [1.165, 1.54) is 18.2 Å². The molecule has 1 atom stereocenters. The molecule has 1 amide bonds. The van der Waals surface area contributed by atoms with E-state index in [1.807, 2.05) is 13.0 Å². The van der Waals surface area contributed by atoms with E-state index < -0.39 is 10.8 Å². The summed E-state index contributed by atoms with van der Waals surface area (Å²) in [4.78, 5) is 23.1. The highest BCUT2D eigenvalue weighted by atomic mass is 16.7. The topological polar surface area (TPSA) is 99.9 Å². The van der Waals surface area contributed by atoms with Crippen molar-refractivity contribution in [2.75, 3.05) is 13.4 Å². The lowest BCUT2D eigenvalue weighted by molar-refractivity contribution is -0.385. The van der Waals surface area contributed by atoms with Gasteiger partial charge in [-0.25, -0.2) is 0 Å². The number of nitro groups is 1. The van der Waals surface area contributed by atoms with Crippen LogP contribution in [0.25, 0.3) is 0 Å². The molecule has 0 fully saturated rings. The molecule has 1 heterocycles. The number of hydrogen-bond donors (Lipinski definition) is 1. The number of benzene rings is 2. The first-order valence-electron chi connectivity index (χ1n) is 8.11. The summed E-state index contributed by atoms with van der Waals surface area (Å²) in [5, 5.41) is 14.0. The molecule has 0 spiro atoms. The van der Waals surface area contributed by atoms with Crippen LogP contribution in [-0.2, 0) is 0 Å². The van der Waals surface area contributed by atoms with Crippen LogP contribution in [0.15, 0.2) is 36.4 Å². The first-order valence-corrected chi connectivity index (χ1v) is 8.11. The highest BCUT2D eigenvalue weighted by Gasteiger charge is 2.21. The van der Waals surface area contributed by atoms with E-state index in [0.717, 1.165) is 5.56 Å². The monoisotopic (exact) mass is 358 g/mol. The smallest absolute Gasteiger partial charge is 0.311 e. The predicted octanol–water partition coefficient (Wildman–Crippen LogP) is 3.21. The van der Waals surface area contributed by atoms with Gasteiger partial charge in [-0.2, -0.15) is 0 Å². The Labute approximate surface area is 149 Å². The fourth-order valence-electron chi connectivity index (χ4n) is 2.62. The van der Waals surface area contributed by atoms with Gasteiger partial charge in [0.15, 0.2) is 17.2 Å². The molecule has 136 valence electrons. The summed E-state index contributed by atoms with van der Waals surface area (Å²) >= 11 is 0. The Morgan fingerprint density at radius 3 is 2.77 bits per heavy atom. The Kier molecular flexibility index (Phi) is 4.92. The summed E-state index contributed by atoms with van der Waals surface area (Å²) in [6.45, 7) is 4.03. The molecule has 0 aliphatic carbocycles. The van der Waals surface area contributed by atoms with Crippen LogP contribution in [0.3, 0.4) is 0 Å². The standard InChI is InChI=1S/C18H18N2O6/c1-3-24-15-6-5-13(8-14(15)20(22)23)18(21)19-11(2)12-4-7-16-17(9-12)26-10-25-16/h4-9,11H,3,10H2,1-2H3,(H,19,21)/t11-/m0/s1. The second kappa shape index (κ2) is 7.30. The Hall–Kier alpha value is -3.29. The summed E-state index contributed by atoms with van der Waals surface area (Å²) < 4.78 is 15.8. The number of rotatable bonds is 6. The lowest BCUT2D eigenvalue weighted by Crippen LogP contribution is -2.26. The minimum absolute atomic E-state index is 0.137. The maximum Gasteiger partial charge on any atom is 0.311 e. The van der Waals surface area contributed by atoms with Crippen LogP contribution in [0.5, 0.6) is 17.2 Å². The molecule has 0 unspecified atom stereocenters. The molecule has 26 heavy (non-hydrogen) atoms. The number of hydrogen-bond acceptors (Lipinski definition) is 6. The average Bonchev–Trinajstić information content (AvgIpc) is 3.09. The van der Waals surface area contributed by atoms with Crippen molar-refractivity contribution in [3.8, 4) is 17.2 Å². The van der Waals surface area contributed by atoms with Crippen molar-refractivity contribution < 1.29 is 23.9 Å². The van der Waals surface area contributed by atoms with Gasteiger partial charge in [0.05, 0.1) is 17.6 Å². The molecule has 0 saturated heterocycles. The maximum absolute atomic E-state index is 12.5. The van der Waals surface area contributed by atoms with E-state index in [9.17, 15) is 14.9 Å². The number of carbonyl (C=O) groups is 1.